The van der Waals surface area contributed by atoms with Gasteiger partial charge in [-0.3, -0.25) is 19.6 Å². The molecule has 1 N–H and O–H groups in total. The van der Waals surface area contributed by atoms with Crippen LogP contribution in [0.1, 0.15) is 21.7 Å². The zero-order valence-electron chi connectivity index (χ0n) is 15.4. The number of hydrogen-bond donors (Lipinski definition) is 1. The van der Waals surface area contributed by atoms with Crippen LogP contribution in [0.25, 0.3) is 0 Å². The number of carbonyl (C=O) groups is 1. The minimum absolute atomic E-state index is 0.0938. The quantitative estimate of drug-likeness (QED) is 0.421. The molecule has 1 amide bonds. The van der Waals surface area contributed by atoms with E-state index in [1.807, 2.05) is 38.1 Å². The Morgan fingerprint density at radius 3 is 2.43 bits per heavy atom. The van der Waals surface area contributed by atoms with Gasteiger partial charge in [0.05, 0.1) is 15.1 Å². The van der Waals surface area contributed by atoms with Gasteiger partial charge in [0.2, 0.25) is 0 Å². The van der Waals surface area contributed by atoms with Crippen LogP contribution in [0.2, 0.25) is 0 Å². The minimum atomic E-state index is -0.476. The number of non-ortho nitro benzene ring substituents is 1. The molecule has 0 fully saturated rings. The van der Waals surface area contributed by atoms with Crippen molar-refractivity contribution in [1.29, 1.82) is 0 Å². The van der Waals surface area contributed by atoms with E-state index in [-0.39, 0.29) is 11.4 Å². The number of nitro groups is 1. The summed E-state index contributed by atoms with van der Waals surface area (Å²) in [4.78, 5) is 25.0. The number of amides is 1. The van der Waals surface area contributed by atoms with Gasteiger partial charge in [-0.25, -0.2) is 0 Å². The van der Waals surface area contributed by atoms with Gasteiger partial charge in [0, 0.05) is 34.7 Å². The summed E-state index contributed by atoms with van der Waals surface area (Å²) in [5.41, 5.74) is 2.40. The highest BCUT2D eigenvalue weighted by Gasteiger charge is 2.19. The molecule has 0 aliphatic carbocycles. The Morgan fingerprint density at radius 1 is 1.18 bits per heavy atom. The van der Waals surface area contributed by atoms with Crippen LogP contribution in [0.5, 0.6) is 0 Å². The lowest BCUT2D eigenvalue weighted by Crippen LogP contribution is -2.13. The molecule has 0 saturated carbocycles. The number of nitrogens with zero attached hydrogens (tertiary/aromatic N) is 3. The average Bonchev–Trinajstić information content (AvgIpc) is 2.91. The molecule has 3 rings (SSSR count). The maximum Gasteiger partial charge on any atom is 0.277 e. The summed E-state index contributed by atoms with van der Waals surface area (Å²) in [6.45, 7) is 3.82. The van der Waals surface area contributed by atoms with Gasteiger partial charge in [-0.05, 0) is 48.0 Å². The molecule has 0 spiro atoms. The third-order valence-electron chi connectivity index (χ3n) is 4.09. The highest BCUT2D eigenvalue weighted by atomic mass is 79.9. The number of aryl methyl sites for hydroxylation is 2. The second kappa shape index (κ2) is 8.15. The Morgan fingerprint density at radius 2 is 1.86 bits per heavy atom. The Labute approximate surface area is 174 Å². The molecule has 0 radical (unpaired) electrons. The molecule has 1 aromatic heterocycles. The summed E-state index contributed by atoms with van der Waals surface area (Å²) in [6, 6.07) is 12.4. The van der Waals surface area contributed by atoms with Gasteiger partial charge in [0.15, 0.2) is 5.69 Å². The van der Waals surface area contributed by atoms with Crippen molar-refractivity contribution in [3.05, 3.63) is 74.0 Å². The zero-order valence-corrected chi connectivity index (χ0v) is 17.8. The molecule has 0 saturated heterocycles. The summed E-state index contributed by atoms with van der Waals surface area (Å²) in [5, 5.41) is 18.2. The third kappa shape index (κ3) is 4.42. The maximum atomic E-state index is 12.6. The number of benzene rings is 2. The number of aromatic nitrogens is 2. The van der Waals surface area contributed by atoms with Crippen LogP contribution in [0.3, 0.4) is 0 Å². The lowest BCUT2D eigenvalue weighted by atomic mass is 10.2. The van der Waals surface area contributed by atoms with Crippen molar-refractivity contribution in [1.82, 2.24) is 9.78 Å². The minimum Gasteiger partial charge on any atom is -0.320 e. The van der Waals surface area contributed by atoms with Crippen molar-refractivity contribution in [2.45, 2.75) is 23.6 Å². The van der Waals surface area contributed by atoms with Crippen LogP contribution >= 0.6 is 27.7 Å². The lowest BCUT2D eigenvalue weighted by Gasteiger charge is -2.08. The van der Waals surface area contributed by atoms with Crippen molar-refractivity contribution in [3.8, 4) is 0 Å². The predicted octanol–water partition coefficient (Wildman–Crippen LogP) is 5.11. The molecule has 0 aliphatic rings. The van der Waals surface area contributed by atoms with E-state index in [0.29, 0.717) is 15.1 Å². The smallest absolute Gasteiger partial charge is 0.277 e. The molecule has 0 bridgehead atoms. The first-order valence-corrected chi connectivity index (χ1v) is 9.90. The topological polar surface area (TPSA) is 90.1 Å². The fourth-order valence-corrected chi connectivity index (χ4v) is 3.91. The SMILES string of the molecule is Cc1ccc(Sc2cc(NC(=O)c3nn(C)c(C)c3Br)cc([N+](=O)[O-])c2)cc1. The number of rotatable bonds is 5. The molecule has 7 nitrogen and oxygen atoms in total. The second-order valence-corrected chi connectivity index (χ2v) is 8.15. The van der Waals surface area contributed by atoms with Gasteiger partial charge in [-0.1, -0.05) is 29.5 Å². The Kier molecular flexibility index (Phi) is 5.85. The monoisotopic (exact) mass is 460 g/mol. The first-order valence-electron chi connectivity index (χ1n) is 8.29. The van der Waals surface area contributed by atoms with Crippen LogP contribution in [0.15, 0.2) is 56.7 Å². The van der Waals surface area contributed by atoms with E-state index < -0.39 is 10.8 Å². The summed E-state index contributed by atoms with van der Waals surface area (Å²) in [7, 11) is 1.74. The van der Waals surface area contributed by atoms with Gasteiger partial charge < -0.3 is 5.32 Å². The van der Waals surface area contributed by atoms with Crippen molar-refractivity contribution in [3.63, 3.8) is 0 Å². The number of hydrogen-bond acceptors (Lipinski definition) is 5. The van der Waals surface area contributed by atoms with Crippen LogP contribution in [0, 0.1) is 24.0 Å². The Bertz CT molecular complexity index is 1060. The maximum absolute atomic E-state index is 12.6. The Hall–Kier alpha value is -2.65. The zero-order chi connectivity index (χ0) is 20.4. The van der Waals surface area contributed by atoms with Crippen molar-refractivity contribution >= 4 is 45.0 Å². The number of nitro benzene ring substituents is 1. The summed E-state index contributed by atoms with van der Waals surface area (Å²) >= 11 is 4.75. The van der Waals surface area contributed by atoms with Crippen LogP contribution in [-0.4, -0.2) is 20.6 Å². The molecular formula is C19H17BrN4O3S. The lowest BCUT2D eigenvalue weighted by molar-refractivity contribution is -0.385. The van der Waals surface area contributed by atoms with E-state index in [0.717, 1.165) is 16.2 Å². The summed E-state index contributed by atoms with van der Waals surface area (Å²) in [5.74, 6) is -0.442. The fraction of sp³-hybridized carbons (Fsp3) is 0.158. The highest BCUT2D eigenvalue weighted by molar-refractivity contribution is 9.10. The normalized spacial score (nSPS) is 10.7. The first kappa shape index (κ1) is 20.1. The standard InChI is InChI=1S/C19H17BrN4O3S/c1-11-4-6-15(7-5-11)28-16-9-13(8-14(10-16)24(26)27)21-19(25)18-17(20)12(2)23(3)22-18/h4-10H,1-3H3,(H,21,25). The van der Waals surface area contributed by atoms with Gasteiger partial charge in [-0.2, -0.15) is 5.10 Å². The number of nitrogens with one attached hydrogen (secondary N) is 1. The van der Waals surface area contributed by atoms with Crippen molar-refractivity contribution < 1.29 is 9.72 Å². The first-order chi connectivity index (χ1) is 13.2. The predicted molar refractivity (Wildman–Crippen MR) is 112 cm³/mol. The van der Waals surface area contributed by atoms with Gasteiger partial charge in [-0.15, -0.1) is 0 Å². The van der Waals surface area contributed by atoms with E-state index in [1.165, 1.54) is 23.9 Å². The van der Waals surface area contributed by atoms with Crippen LogP contribution in [0.4, 0.5) is 11.4 Å². The highest BCUT2D eigenvalue weighted by Crippen LogP contribution is 2.33. The van der Waals surface area contributed by atoms with Gasteiger partial charge in [0.25, 0.3) is 11.6 Å². The van der Waals surface area contributed by atoms with E-state index >= 15 is 0 Å². The van der Waals surface area contributed by atoms with E-state index in [9.17, 15) is 14.9 Å². The van der Waals surface area contributed by atoms with Crippen molar-refractivity contribution in [2.75, 3.05) is 5.32 Å². The van der Waals surface area contributed by atoms with E-state index in [1.54, 1.807) is 17.8 Å². The van der Waals surface area contributed by atoms with E-state index in [2.05, 4.69) is 26.3 Å². The van der Waals surface area contributed by atoms with Crippen molar-refractivity contribution in [2.24, 2.45) is 7.05 Å². The molecule has 0 unspecified atom stereocenters. The summed E-state index contributed by atoms with van der Waals surface area (Å²) in [6.07, 6.45) is 0. The van der Waals surface area contributed by atoms with Gasteiger partial charge >= 0.3 is 0 Å². The Balaban J connectivity index is 1.90. The molecule has 2 aromatic carbocycles. The average molecular weight is 461 g/mol. The van der Waals surface area contributed by atoms with Crippen LogP contribution in [-0.2, 0) is 7.05 Å². The molecule has 144 valence electrons. The molecule has 9 heteroatoms. The molecule has 3 aromatic rings. The molecule has 0 atom stereocenters. The molecule has 28 heavy (non-hydrogen) atoms. The number of halogens is 1. The summed E-state index contributed by atoms with van der Waals surface area (Å²) < 4.78 is 2.18. The second-order valence-electron chi connectivity index (χ2n) is 6.21. The number of carbonyl (C=O) groups excluding carboxylic acids is 1. The molecular weight excluding hydrogens is 444 g/mol. The van der Waals surface area contributed by atoms with Gasteiger partial charge in [0.1, 0.15) is 0 Å². The third-order valence-corrected chi connectivity index (χ3v) is 6.02. The van der Waals surface area contributed by atoms with E-state index in [4.69, 9.17) is 0 Å². The molecule has 1 heterocycles. The largest absolute Gasteiger partial charge is 0.320 e. The number of anilines is 1. The van der Waals surface area contributed by atoms with Crippen LogP contribution < -0.4 is 5.32 Å². The fourth-order valence-electron chi connectivity index (χ4n) is 2.48. The molecule has 0 aliphatic heterocycles.